The maximum Gasteiger partial charge on any atom is 0.227 e. The Labute approximate surface area is 62.0 Å². The minimum absolute atomic E-state index is 0.0178. The summed E-state index contributed by atoms with van der Waals surface area (Å²) in [5.74, 6) is 0.237. The second-order valence-corrected chi connectivity index (χ2v) is 3.35. The van der Waals surface area contributed by atoms with Crippen LogP contribution in [0.4, 0.5) is 0 Å². The van der Waals surface area contributed by atoms with Gasteiger partial charge >= 0.3 is 0 Å². The fraction of sp³-hybridized carbons (Fsp3) is 0.875. The Balaban J connectivity index is 2.31. The van der Waals surface area contributed by atoms with Gasteiger partial charge in [-0.15, -0.1) is 0 Å². The molecule has 0 saturated carbocycles. The van der Waals surface area contributed by atoms with Crippen molar-refractivity contribution in [1.82, 2.24) is 5.32 Å². The zero-order valence-electron chi connectivity index (χ0n) is 6.74. The third-order valence-electron chi connectivity index (χ3n) is 2.27. The fourth-order valence-corrected chi connectivity index (χ4v) is 1.23. The van der Waals surface area contributed by atoms with Crippen molar-refractivity contribution in [3.8, 4) is 0 Å². The summed E-state index contributed by atoms with van der Waals surface area (Å²) in [6, 6.07) is 0. The predicted octanol–water partition coefficient (Wildman–Crippen LogP) is 1.31. The van der Waals surface area contributed by atoms with Gasteiger partial charge in [0.2, 0.25) is 5.91 Å². The molecule has 1 rings (SSSR count). The van der Waals surface area contributed by atoms with Gasteiger partial charge in [0.05, 0.1) is 5.41 Å². The molecule has 58 valence electrons. The van der Waals surface area contributed by atoms with Crippen molar-refractivity contribution in [3.05, 3.63) is 0 Å². The zero-order chi connectivity index (χ0) is 7.61. The van der Waals surface area contributed by atoms with E-state index in [9.17, 15) is 4.79 Å². The maximum absolute atomic E-state index is 10.9. The zero-order valence-corrected chi connectivity index (χ0v) is 6.74. The van der Waals surface area contributed by atoms with Crippen LogP contribution < -0.4 is 5.32 Å². The van der Waals surface area contributed by atoms with E-state index in [1.165, 1.54) is 12.8 Å². The maximum atomic E-state index is 10.9. The molecule has 1 amide bonds. The standard InChI is InChI=1S/C8H15NO/c1-3-4-5-8(2)6-9-7(8)10/h3-6H2,1-2H3,(H,9,10)/t8-/m0/s1. The van der Waals surface area contributed by atoms with Crippen molar-refractivity contribution in [3.63, 3.8) is 0 Å². The van der Waals surface area contributed by atoms with Crippen LogP contribution in [0.15, 0.2) is 0 Å². The first kappa shape index (κ1) is 7.58. The van der Waals surface area contributed by atoms with Crippen molar-refractivity contribution >= 4 is 5.91 Å². The van der Waals surface area contributed by atoms with Gasteiger partial charge in [-0.3, -0.25) is 4.79 Å². The van der Waals surface area contributed by atoms with Gasteiger partial charge in [-0.2, -0.15) is 0 Å². The average molecular weight is 141 g/mol. The Bertz CT molecular complexity index is 144. The average Bonchev–Trinajstić information content (AvgIpc) is 1.97. The third kappa shape index (κ3) is 1.15. The number of carbonyl (C=O) groups excluding carboxylic acids is 1. The largest absolute Gasteiger partial charge is 0.355 e. The molecule has 1 fully saturated rings. The quantitative estimate of drug-likeness (QED) is 0.590. The van der Waals surface area contributed by atoms with Crippen molar-refractivity contribution in [2.75, 3.05) is 6.54 Å². The van der Waals surface area contributed by atoms with Crippen molar-refractivity contribution in [1.29, 1.82) is 0 Å². The van der Waals surface area contributed by atoms with Crippen LogP contribution in [0.2, 0.25) is 0 Å². The highest BCUT2D eigenvalue weighted by molar-refractivity contribution is 5.88. The Hall–Kier alpha value is -0.530. The van der Waals surface area contributed by atoms with E-state index in [0.717, 1.165) is 13.0 Å². The lowest BCUT2D eigenvalue weighted by atomic mass is 9.78. The van der Waals surface area contributed by atoms with Crippen LogP contribution in [0.1, 0.15) is 33.1 Å². The van der Waals surface area contributed by atoms with E-state index in [-0.39, 0.29) is 11.3 Å². The fourth-order valence-electron chi connectivity index (χ4n) is 1.23. The molecule has 1 heterocycles. The van der Waals surface area contributed by atoms with Crippen LogP contribution in [0.25, 0.3) is 0 Å². The SMILES string of the molecule is CCCC[C@@]1(C)CNC1=O. The summed E-state index contributed by atoms with van der Waals surface area (Å²) in [7, 11) is 0. The van der Waals surface area contributed by atoms with Crippen LogP contribution in [-0.2, 0) is 4.79 Å². The summed E-state index contributed by atoms with van der Waals surface area (Å²) >= 11 is 0. The summed E-state index contributed by atoms with van der Waals surface area (Å²) in [6.07, 6.45) is 3.40. The number of β-lactam (4-membered cyclic amide) rings is 1. The van der Waals surface area contributed by atoms with E-state index in [4.69, 9.17) is 0 Å². The normalized spacial score (nSPS) is 31.2. The summed E-state index contributed by atoms with van der Waals surface area (Å²) < 4.78 is 0. The molecule has 1 N–H and O–H groups in total. The van der Waals surface area contributed by atoms with Crippen LogP contribution in [0.3, 0.4) is 0 Å². The van der Waals surface area contributed by atoms with Crippen LogP contribution in [-0.4, -0.2) is 12.5 Å². The number of amides is 1. The number of carbonyl (C=O) groups is 1. The molecule has 0 aromatic heterocycles. The van der Waals surface area contributed by atoms with Gasteiger partial charge in [0.1, 0.15) is 0 Å². The molecule has 0 bridgehead atoms. The molecule has 1 aliphatic rings. The number of nitrogens with one attached hydrogen (secondary N) is 1. The van der Waals surface area contributed by atoms with E-state index in [1.807, 2.05) is 6.92 Å². The third-order valence-corrected chi connectivity index (χ3v) is 2.27. The second-order valence-electron chi connectivity index (χ2n) is 3.35. The summed E-state index contributed by atoms with van der Waals surface area (Å²) in [6.45, 7) is 5.08. The molecular formula is C8H15NO. The number of hydrogen-bond acceptors (Lipinski definition) is 1. The van der Waals surface area contributed by atoms with Gasteiger partial charge in [0.15, 0.2) is 0 Å². The van der Waals surface area contributed by atoms with Gasteiger partial charge in [0, 0.05) is 6.54 Å². The lowest BCUT2D eigenvalue weighted by Gasteiger charge is -2.37. The Morgan fingerprint density at radius 3 is 2.70 bits per heavy atom. The Morgan fingerprint density at radius 2 is 2.40 bits per heavy atom. The van der Waals surface area contributed by atoms with Gasteiger partial charge in [-0.25, -0.2) is 0 Å². The molecule has 0 radical (unpaired) electrons. The Kier molecular flexibility index (Phi) is 1.97. The molecule has 0 aromatic rings. The summed E-state index contributed by atoms with van der Waals surface area (Å²) in [5.41, 5.74) is -0.0178. The van der Waals surface area contributed by atoms with Crippen LogP contribution >= 0.6 is 0 Å². The van der Waals surface area contributed by atoms with E-state index in [0.29, 0.717) is 0 Å². The molecule has 1 aliphatic heterocycles. The van der Waals surface area contributed by atoms with Gasteiger partial charge in [0.25, 0.3) is 0 Å². The van der Waals surface area contributed by atoms with E-state index in [2.05, 4.69) is 12.2 Å². The van der Waals surface area contributed by atoms with E-state index < -0.39 is 0 Å². The van der Waals surface area contributed by atoms with Crippen molar-refractivity contribution in [2.45, 2.75) is 33.1 Å². The topological polar surface area (TPSA) is 29.1 Å². The first-order valence-corrected chi connectivity index (χ1v) is 3.97. The second kappa shape index (κ2) is 2.60. The molecule has 0 aromatic carbocycles. The lowest BCUT2D eigenvalue weighted by molar-refractivity contribution is -0.139. The number of rotatable bonds is 3. The smallest absolute Gasteiger partial charge is 0.227 e. The van der Waals surface area contributed by atoms with Gasteiger partial charge < -0.3 is 5.32 Å². The Morgan fingerprint density at radius 1 is 1.70 bits per heavy atom. The van der Waals surface area contributed by atoms with Crippen molar-refractivity contribution in [2.24, 2.45) is 5.41 Å². The van der Waals surface area contributed by atoms with E-state index in [1.54, 1.807) is 0 Å². The molecule has 0 spiro atoms. The highest BCUT2D eigenvalue weighted by Gasteiger charge is 2.40. The molecule has 1 saturated heterocycles. The molecule has 10 heavy (non-hydrogen) atoms. The lowest BCUT2D eigenvalue weighted by Crippen LogP contribution is -2.57. The summed E-state index contributed by atoms with van der Waals surface area (Å²) in [5, 5.41) is 2.77. The highest BCUT2D eigenvalue weighted by Crippen LogP contribution is 2.29. The van der Waals surface area contributed by atoms with Crippen LogP contribution in [0.5, 0.6) is 0 Å². The minimum atomic E-state index is -0.0178. The predicted molar refractivity (Wildman–Crippen MR) is 40.6 cm³/mol. The van der Waals surface area contributed by atoms with Crippen molar-refractivity contribution < 1.29 is 4.79 Å². The monoisotopic (exact) mass is 141 g/mol. The number of unbranched alkanes of at least 4 members (excludes halogenated alkanes) is 1. The molecule has 2 nitrogen and oxygen atoms in total. The van der Waals surface area contributed by atoms with Gasteiger partial charge in [-0.1, -0.05) is 19.8 Å². The molecule has 1 atom stereocenters. The number of hydrogen-bond donors (Lipinski definition) is 1. The van der Waals surface area contributed by atoms with Gasteiger partial charge in [-0.05, 0) is 13.3 Å². The van der Waals surface area contributed by atoms with E-state index >= 15 is 0 Å². The first-order valence-electron chi connectivity index (χ1n) is 3.97. The summed E-state index contributed by atoms with van der Waals surface area (Å²) in [4.78, 5) is 10.9. The molecular weight excluding hydrogens is 126 g/mol. The first-order chi connectivity index (χ1) is 4.69. The molecule has 2 heteroatoms. The highest BCUT2D eigenvalue weighted by atomic mass is 16.2. The van der Waals surface area contributed by atoms with Crippen LogP contribution in [0, 0.1) is 5.41 Å². The minimum Gasteiger partial charge on any atom is -0.355 e. The molecule has 0 aliphatic carbocycles. The molecule has 0 unspecified atom stereocenters.